The van der Waals surface area contributed by atoms with E-state index in [-0.39, 0.29) is 24.0 Å². The van der Waals surface area contributed by atoms with Gasteiger partial charge in [0.1, 0.15) is 17.6 Å². The molecular weight excluding hydrogens is 322 g/mol. The molecule has 2 N–H and O–H groups in total. The second-order valence-corrected chi connectivity index (χ2v) is 5.59. The number of hydrogen-bond acceptors (Lipinski definition) is 4. The van der Waals surface area contributed by atoms with Crippen LogP contribution in [0.2, 0.25) is 0 Å². The van der Waals surface area contributed by atoms with E-state index in [0.29, 0.717) is 23.6 Å². The zero-order valence-electron chi connectivity index (χ0n) is 14.2. The number of methoxy groups -OCH3 is 1. The summed E-state index contributed by atoms with van der Waals surface area (Å²) in [5.41, 5.74) is 0.818. The van der Waals surface area contributed by atoms with Gasteiger partial charge in [-0.3, -0.25) is 4.79 Å². The lowest BCUT2D eigenvalue weighted by Crippen LogP contribution is -2.34. The summed E-state index contributed by atoms with van der Waals surface area (Å²) in [4.78, 5) is 23.0. The monoisotopic (exact) mass is 343 g/mol. The number of rotatable bonds is 8. The van der Waals surface area contributed by atoms with Gasteiger partial charge in [-0.2, -0.15) is 0 Å². The Labute approximate surface area is 146 Å². The van der Waals surface area contributed by atoms with Crippen molar-refractivity contribution in [3.8, 4) is 11.5 Å². The van der Waals surface area contributed by atoms with E-state index in [0.717, 1.165) is 0 Å². The third-order valence-corrected chi connectivity index (χ3v) is 3.50. The van der Waals surface area contributed by atoms with E-state index in [1.54, 1.807) is 25.3 Å². The predicted molar refractivity (Wildman–Crippen MR) is 93.2 cm³/mol. The van der Waals surface area contributed by atoms with Crippen molar-refractivity contribution in [3.63, 3.8) is 0 Å². The Morgan fingerprint density at radius 3 is 2.56 bits per heavy atom. The van der Waals surface area contributed by atoms with Gasteiger partial charge in [-0.1, -0.05) is 18.2 Å². The zero-order valence-corrected chi connectivity index (χ0v) is 14.2. The second-order valence-electron chi connectivity index (χ2n) is 5.59. The molecule has 0 heterocycles. The van der Waals surface area contributed by atoms with Gasteiger partial charge < -0.3 is 19.9 Å². The minimum atomic E-state index is -1.01. The summed E-state index contributed by atoms with van der Waals surface area (Å²) >= 11 is 0. The summed E-state index contributed by atoms with van der Waals surface area (Å²) in [7, 11) is 1.59. The average Bonchev–Trinajstić information content (AvgIpc) is 2.60. The van der Waals surface area contributed by atoms with E-state index in [1.807, 2.05) is 25.1 Å². The Balaban J connectivity index is 1.82. The molecule has 0 saturated carbocycles. The van der Waals surface area contributed by atoms with Crippen molar-refractivity contribution < 1.29 is 24.2 Å². The fourth-order valence-electron chi connectivity index (χ4n) is 2.27. The summed E-state index contributed by atoms with van der Waals surface area (Å²) < 4.78 is 10.9. The number of amides is 1. The van der Waals surface area contributed by atoms with Gasteiger partial charge in [0.25, 0.3) is 0 Å². The lowest BCUT2D eigenvalue weighted by molar-refractivity contribution is -0.120. The first kappa shape index (κ1) is 18.3. The normalized spacial score (nSPS) is 11.4. The van der Waals surface area contributed by atoms with Crippen molar-refractivity contribution in [3.05, 3.63) is 59.7 Å². The predicted octanol–water partition coefficient (Wildman–Crippen LogP) is 2.52. The molecule has 1 unspecified atom stereocenters. The van der Waals surface area contributed by atoms with Crippen LogP contribution in [0.3, 0.4) is 0 Å². The first-order chi connectivity index (χ1) is 12.0. The number of benzene rings is 2. The second kappa shape index (κ2) is 8.73. The Kier molecular flexibility index (Phi) is 6.39. The van der Waals surface area contributed by atoms with Gasteiger partial charge in [0, 0.05) is 6.07 Å². The van der Waals surface area contributed by atoms with Crippen molar-refractivity contribution in [2.24, 2.45) is 0 Å². The molecule has 0 radical (unpaired) electrons. The lowest BCUT2D eigenvalue weighted by atomic mass is 10.1. The van der Waals surface area contributed by atoms with Crippen molar-refractivity contribution in [1.29, 1.82) is 0 Å². The number of ether oxygens (including phenoxy) is 2. The Bertz CT molecular complexity index is 744. The Morgan fingerprint density at radius 1 is 1.12 bits per heavy atom. The maximum Gasteiger partial charge on any atom is 0.335 e. The van der Waals surface area contributed by atoms with Crippen molar-refractivity contribution in [1.82, 2.24) is 5.32 Å². The molecule has 132 valence electrons. The first-order valence-electron chi connectivity index (χ1n) is 7.87. The van der Waals surface area contributed by atoms with E-state index in [2.05, 4.69) is 5.32 Å². The van der Waals surface area contributed by atoms with E-state index in [1.165, 1.54) is 12.1 Å². The first-order valence-corrected chi connectivity index (χ1v) is 7.87. The molecule has 1 amide bonds. The molecule has 0 fully saturated rings. The number of aromatic carboxylic acids is 1. The van der Waals surface area contributed by atoms with Crippen LogP contribution in [0.1, 0.15) is 22.8 Å². The van der Waals surface area contributed by atoms with Crippen LogP contribution < -0.4 is 14.8 Å². The van der Waals surface area contributed by atoms with Crippen LogP contribution in [0.25, 0.3) is 0 Å². The largest absolute Gasteiger partial charge is 0.497 e. The van der Waals surface area contributed by atoms with Crippen LogP contribution in [0, 0.1) is 0 Å². The highest BCUT2D eigenvalue weighted by Gasteiger charge is 2.10. The summed E-state index contributed by atoms with van der Waals surface area (Å²) in [6.45, 7) is 2.19. The van der Waals surface area contributed by atoms with E-state index in [9.17, 15) is 9.59 Å². The number of carboxylic acids is 1. The van der Waals surface area contributed by atoms with Gasteiger partial charge in [-0.25, -0.2) is 4.79 Å². The average molecular weight is 343 g/mol. The third kappa shape index (κ3) is 5.84. The van der Waals surface area contributed by atoms with E-state index in [4.69, 9.17) is 14.6 Å². The number of carbonyl (C=O) groups is 2. The molecule has 6 nitrogen and oxygen atoms in total. The molecule has 0 saturated heterocycles. The van der Waals surface area contributed by atoms with Crippen molar-refractivity contribution in [2.75, 3.05) is 13.7 Å². The molecular formula is C19H21NO5. The minimum absolute atomic E-state index is 0.118. The Hall–Kier alpha value is -3.02. The molecule has 0 aliphatic rings. The van der Waals surface area contributed by atoms with Gasteiger partial charge in [0.2, 0.25) is 5.91 Å². The molecule has 0 aromatic heterocycles. The number of hydrogen-bond donors (Lipinski definition) is 2. The molecule has 0 bridgehead atoms. The fraction of sp³-hybridized carbons (Fsp3) is 0.263. The van der Waals surface area contributed by atoms with Crippen LogP contribution in [-0.4, -0.2) is 36.7 Å². The molecule has 6 heteroatoms. The fourth-order valence-corrected chi connectivity index (χ4v) is 2.27. The highest BCUT2D eigenvalue weighted by atomic mass is 16.5. The molecule has 0 aliphatic carbocycles. The Morgan fingerprint density at radius 2 is 1.84 bits per heavy atom. The maximum absolute atomic E-state index is 12.0. The van der Waals surface area contributed by atoms with Crippen LogP contribution in [0.15, 0.2) is 48.5 Å². The topological polar surface area (TPSA) is 84.9 Å². The van der Waals surface area contributed by atoms with Gasteiger partial charge in [0.15, 0.2) is 0 Å². The quantitative estimate of drug-likeness (QED) is 0.769. The van der Waals surface area contributed by atoms with Gasteiger partial charge in [-0.05, 0) is 36.8 Å². The summed E-state index contributed by atoms with van der Waals surface area (Å²) in [5.74, 6) is 0.161. The van der Waals surface area contributed by atoms with Gasteiger partial charge in [-0.15, -0.1) is 0 Å². The zero-order chi connectivity index (χ0) is 18.2. The maximum atomic E-state index is 12.0. The van der Waals surface area contributed by atoms with Crippen LogP contribution in [-0.2, 0) is 11.2 Å². The lowest BCUT2D eigenvalue weighted by Gasteiger charge is -2.16. The van der Waals surface area contributed by atoms with Gasteiger partial charge in [0.05, 0.1) is 25.6 Å². The highest BCUT2D eigenvalue weighted by Crippen LogP contribution is 2.19. The molecule has 1 atom stereocenters. The third-order valence-electron chi connectivity index (χ3n) is 3.50. The molecule has 25 heavy (non-hydrogen) atoms. The van der Waals surface area contributed by atoms with E-state index < -0.39 is 5.97 Å². The standard InChI is InChI=1S/C19H21NO5/c1-13(25-17-8-4-7-16(11-17)24-2)12-20-18(21)10-14-5-3-6-15(9-14)19(22)23/h3-9,11,13H,10,12H2,1-2H3,(H,20,21)(H,22,23). The van der Waals surface area contributed by atoms with Crippen LogP contribution in [0.4, 0.5) is 0 Å². The van der Waals surface area contributed by atoms with Crippen LogP contribution >= 0.6 is 0 Å². The highest BCUT2D eigenvalue weighted by molar-refractivity contribution is 5.88. The number of nitrogens with one attached hydrogen (secondary N) is 1. The van der Waals surface area contributed by atoms with Crippen molar-refractivity contribution >= 4 is 11.9 Å². The molecule has 2 aromatic carbocycles. The molecule has 0 spiro atoms. The summed E-state index contributed by atoms with van der Waals surface area (Å²) in [6, 6.07) is 13.6. The molecule has 2 aromatic rings. The summed E-state index contributed by atoms with van der Waals surface area (Å²) in [6.07, 6.45) is -0.103. The SMILES string of the molecule is COc1cccc(OC(C)CNC(=O)Cc2cccc(C(=O)O)c2)c1. The number of carboxylic acid groups (broad SMARTS) is 1. The smallest absolute Gasteiger partial charge is 0.335 e. The summed E-state index contributed by atoms with van der Waals surface area (Å²) in [5, 5.41) is 11.8. The minimum Gasteiger partial charge on any atom is -0.497 e. The van der Waals surface area contributed by atoms with Gasteiger partial charge >= 0.3 is 5.97 Å². The number of carbonyl (C=O) groups excluding carboxylic acids is 1. The van der Waals surface area contributed by atoms with E-state index >= 15 is 0 Å². The van der Waals surface area contributed by atoms with Crippen LogP contribution in [0.5, 0.6) is 11.5 Å². The molecule has 0 aliphatic heterocycles. The van der Waals surface area contributed by atoms with Crippen molar-refractivity contribution in [2.45, 2.75) is 19.4 Å². The molecule has 2 rings (SSSR count).